The molecule has 2 amide bonds. The van der Waals surface area contributed by atoms with Crippen LogP contribution < -0.4 is 5.32 Å². The predicted molar refractivity (Wildman–Crippen MR) is 84.9 cm³/mol. The van der Waals surface area contributed by atoms with E-state index in [0.717, 1.165) is 31.7 Å². The van der Waals surface area contributed by atoms with Gasteiger partial charge in [-0.25, -0.2) is 8.78 Å². The summed E-state index contributed by atoms with van der Waals surface area (Å²) < 4.78 is 26.5. The molecule has 130 valence electrons. The van der Waals surface area contributed by atoms with Crippen molar-refractivity contribution < 1.29 is 18.4 Å². The van der Waals surface area contributed by atoms with E-state index in [1.165, 1.54) is 12.1 Å². The summed E-state index contributed by atoms with van der Waals surface area (Å²) >= 11 is 0. The van der Waals surface area contributed by atoms with E-state index in [0.29, 0.717) is 5.56 Å². The van der Waals surface area contributed by atoms with Gasteiger partial charge in [-0.2, -0.15) is 0 Å². The molecule has 1 aromatic rings. The van der Waals surface area contributed by atoms with Gasteiger partial charge in [0.1, 0.15) is 17.7 Å². The minimum atomic E-state index is -0.672. The molecule has 0 aromatic heterocycles. The highest BCUT2D eigenvalue weighted by Crippen LogP contribution is 2.52. The number of nitrogens with one attached hydrogen (secondary N) is 1. The van der Waals surface area contributed by atoms with E-state index < -0.39 is 23.1 Å². The maximum Gasteiger partial charge on any atom is 0.244 e. The topological polar surface area (TPSA) is 49.4 Å². The average Bonchev–Trinajstić information content (AvgIpc) is 3.00. The molecular formula is C18H22F2N2O2. The number of hydrogen-bond donors (Lipinski definition) is 1. The van der Waals surface area contributed by atoms with Crippen LogP contribution in [0.3, 0.4) is 0 Å². The van der Waals surface area contributed by atoms with Gasteiger partial charge >= 0.3 is 0 Å². The zero-order chi connectivity index (χ0) is 17.5. The van der Waals surface area contributed by atoms with Gasteiger partial charge in [-0.05, 0) is 44.4 Å². The third-order valence-corrected chi connectivity index (χ3v) is 5.15. The molecule has 1 unspecified atom stereocenters. The normalized spacial score (nSPS) is 22.1. The Balaban J connectivity index is 1.73. The van der Waals surface area contributed by atoms with Crippen LogP contribution in [0.4, 0.5) is 8.78 Å². The predicted octanol–water partition coefficient (Wildman–Crippen LogP) is 2.76. The second-order valence-corrected chi connectivity index (χ2v) is 7.07. The third-order valence-electron chi connectivity index (χ3n) is 5.15. The zero-order valence-corrected chi connectivity index (χ0v) is 13.9. The van der Waals surface area contributed by atoms with Gasteiger partial charge in [0.15, 0.2) is 0 Å². The summed E-state index contributed by atoms with van der Waals surface area (Å²) in [5, 5.41) is 2.75. The smallest absolute Gasteiger partial charge is 0.244 e. The fourth-order valence-electron chi connectivity index (χ4n) is 4.09. The number of carbonyl (C=O) groups excluding carboxylic acids is 2. The Bertz CT molecular complexity index is 649. The fourth-order valence-corrected chi connectivity index (χ4v) is 4.09. The van der Waals surface area contributed by atoms with Crippen LogP contribution in [-0.2, 0) is 16.1 Å². The molecule has 1 aliphatic heterocycles. The first-order valence-corrected chi connectivity index (χ1v) is 8.40. The van der Waals surface area contributed by atoms with Crippen LogP contribution in [-0.4, -0.2) is 28.8 Å². The lowest BCUT2D eigenvalue weighted by molar-refractivity contribution is -0.181. The minimum Gasteiger partial charge on any atom is -0.350 e. The molecule has 24 heavy (non-hydrogen) atoms. The minimum absolute atomic E-state index is 0.0419. The second-order valence-electron chi connectivity index (χ2n) is 7.07. The van der Waals surface area contributed by atoms with Gasteiger partial charge in [0, 0.05) is 18.7 Å². The number of hydrogen-bond acceptors (Lipinski definition) is 2. The van der Waals surface area contributed by atoms with E-state index in [-0.39, 0.29) is 24.4 Å². The van der Waals surface area contributed by atoms with Crippen molar-refractivity contribution in [3.63, 3.8) is 0 Å². The molecule has 3 rings (SSSR count). The number of benzene rings is 1. The molecule has 1 aliphatic carbocycles. The number of amides is 2. The highest BCUT2D eigenvalue weighted by Gasteiger charge is 2.64. The van der Waals surface area contributed by atoms with Crippen LogP contribution in [0.2, 0.25) is 0 Å². The van der Waals surface area contributed by atoms with E-state index in [2.05, 4.69) is 5.32 Å². The van der Waals surface area contributed by atoms with Gasteiger partial charge in [-0.3, -0.25) is 9.59 Å². The number of β-lactam (4-membered cyclic amide) rings is 1. The van der Waals surface area contributed by atoms with Crippen molar-refractivity contribution in [3.05, 3.63) is 35.4 Å². The number of carbonyl (C=O) groups is 2. The van der Waals surface area contributed by atoms with Crippen molar-refractivity contribution in [3.8, 4) is 0 Å². The van der Waals surface area contributed by atoms with E-state index in [1.54, 1.807) is 4.90 Å². The van der Waals surface area contributed by atoms with Gasteiger partial charge in [0.25, 0.3) is 0 Å². The average molecular weight is 336 g/mol. The largest absolute Gasteiger partial charge is 0.350 e. The SMILES string of the molecule is CC(C)N1C(=O)C2(CCCC2)C1C(=O)NCc1cc(F)cc(F)c1. The van der Waals surface area contributed by atoms with Crippen molar-refractivity contribution in [1.82, 2.24) is 10.2 Å². The molecule has 2 aliphatic rings. The van der Waals surface area contributed by atoms with E-state index in [9.17, 15) is 18.4 Å². The summed E-state index contributed by atoms with van der Waals surface area (Å²) in [5.41, 5.74) is -0.204. The van der Waals surface area contributed by atoms with Crippen molar-refractivity contribution in [1.29, 1.82) is 0 Å². The molecule has 1 atom stereocenters. The summed E-state index contributed by atoms with van der Waals surface area (Å²) in [6, 6.07) is 2.66. The molecule has 1 spiro atoms. The maximum atomic E-state index is 13.2. The zero-order valence-electron chi connectivity index (χ0n) is 13.9. The molecule has 1 N–H and O–H groups in total. The highest BCUT2D eigenvalue weighted by molar-refractivity contribution is 6.02. The Morgan fingerprint density at radius 3 is 2.38 bits per heavy atom. The molecule has 1 saturated carbocycles. The molecule has 0 radical (unpaired) electrons. The van der Waals surface area contributed by atoms with Crippen molar-refractivity contribution in [2.24, 2.45) is 5.41 Å². The first-order chi connectivity index (χ1) is 11.3. The molecular weight excluding hydrogens is 314 g/mol. The number of halogens is 2. The van der Waals surface area contributed by atoms with Crippen LogP contribution in [0.1, 0.15) is 45.1 Å². The van der Waals surface area contributed by atoms with Gasteiger partial charge in [-0.15, -0.1) is 0 Å². The lowest BCUT2D eigenvalue weighted by Crippen LogP contribution is -2.74. The molecule has 2 fully saturated rings. The summed E-state index contributed by atoms with van der Waals surface area (Å²) in [4.78, 5) is 26.9. The molecule has 4 nitrogen and oxygen atoms in total. The standard InChI is InChI=1S/C18H22F2N2O2/c1-11(2)22-15(18(17(22)24)5-3-4-6-18)16(23)21-10-12-7-13(19)9-14(20)8-12/h7-9,11,15H,3-6,10H2,1-2H3,(H,21,23). The number of rotatable bonds is 4. The van der Waals surface area contributed by atoms with Crippen LogP contribution in [0.5, 0.6) is 0 Å². The Morgan fingerprint density at radius 2 is 1.83 bits per heavy atom. The van der Waals surface area contributed by atoms with E-state index in [1.807, 2.05) is 13.8 Å². The van der Waals surface area contributed by atoms with Crippen molar-refractivity contribution in [2.75, 3.05) is 0 Å². The Morgan fingerprint density at radius 1 is 1.25 bits per heavy atom. The van der Waals surface area contributed by atoms with Crippen molar-refractivity contribution in [2.45, 2.75) is 58.2 Å². The second kappa shape index (κ2) is 6.15. The first-order valence-electron chi connectivity index (χ1n) is 8.40. The van der Waals surface area contributed by atoms with Crippen LogP contribution in [0.25, 0.3) is 0 Å². The third kappa shape index (κ3) is 2.68. The Kier molecular flexibility index (Phi) is 4.32. The summed E-state index contributed by atoms with van der Waals surface area (Å²) in [6.45, 7) is 3.82. The summed E-state index contributed by atoms with van der Waals surface area (Å²) in [6.07, 6.45) is 3.39. The fraction of sp³-hybridized carbons (Fsp3) is 0.556. The van der Waals surface area contributed by atoms with Crippen LogP contribution >= 0.6 is 0 Å². The van der Waals surface area contributed by atoms with Crippen LogP contribution in [0.15, 0.2) is 18.2 Å². The van der Waals surface area contributed by atoms with Gasteiger partial charge in [0.05, 0.1) is 5.41 Å². The molecule has 6 heteroatoms. The van der Waals surface area contributed by atoms with Crippen molar-refractivity contribution >= 4 is 11.8 Å². The lowest BCUT2D eigenvalue weighted by Gasteiger charge is -2.55. The maximum absolute atomic E-state index is 13.2. The highest BCUT2D eigenvalue weighted by atomic mass is 19.1. The monoisotopic (exact) mass is 336 g/mol. The van der Waals surface area contributed by atoms with E-state index in [4.69, 9.17) is 0 Å². The van der Waals surface area contributed by atoms with E-state index >= 15 is 0 Å². The van der Waals surface area contributed by atoms with Gasteiger partial charge in [-0.1, -0.05) is 12.8 Å². The quantitative estimate of drug-likeness (QED) is 0.860. The molecule has 1 saturated heterocycles. The Labute approximate surface area is 140 Å². The lowest BCUT2D eigenvalue weighted by atomic mass is 9.68. The Hall–Kier alpha value is -1.98. The molecule has 1 aromatic carbocycles. The summed E-state index contributed by atoms with van der Waals surface area (Å²) in [7, 11) is 0. The van der Waals surface area contributed by atoms with Gasteiger partial charge < -0.3 is 10.2 Å². The first kappa shape index (κ1) is 16.9. The van der Waals surface area contributed by atoms with Gasteiger partial charge in [0.2, 0.25) is 11.8 Å². The van der Waals surface area contributed by atoms with Crippen LogP contribution in [0, 0.1) is 17.0 Å². The summed E-state index contributed by atoms with van der Waals surface area (Å²) in [5.74, 6) is -1.52. The molecule has 1 heterocycles. The number of likely N-dealkylation sites (tertiary alicyclic amines) is 1. The number of nitrogens with zero attached hydrogens (tertiary/aromatic N) is 1. The molecule has 0 bridgehead atoms.